The van der Waals surface area contributed by atoms with Gasteiger partial charge < -0.3 is 10.6 Å². The normalized spacial score (nSPS) is 11.0. The van der Waals surface area contributed by atoms with Crippen molar-refractivity contribution in [1.29, 1.82) is 0 Å². The van der Waals surface area contributed by atoms with E-state index in [1.807, 2.05) is 26.0 Å². The van der Waals surface area contributed by atoms with Crippen LogP contribution in [0, 0.1) is 5.92 Å². The van der Waals surface area contributed by atoms with Crippen LogP contribution < -0.4 is 10.6 Å². The lowest BCUT2D eigenvalue weighted by Gasteiger charge is -2.10. The standard InChI is InChI=1S/C15H24N2O/c1-11(2)9-13-5-7-14(8-6-13)17-15(18)10-16-12(3)4/h5-8,11-12,16H,9-10H2,1-4H3,(H,17,18). The highest BCUT2D eigenvalue weighted by atomic mass is 16.1. The third-order valence-electron chi connectivity index (χ3n) is 2.55. The van der Waals surface area contributed by atoms with E-state index >= 15 is 0 Å². The highest BCUT2D eigenvalue weighted by molar-refractivity contribution is 5.92. The SMILES string of the molecule is CC(C)Cc1ccc(NC(=O)CNC(C)C)cc1. The summed E-state index contributed by atoms with van der Waals surface area (Å²) in [6, 6.07) is 8.40. The van der Waals surface area contributed by atoms with E-state index in [4.69, 9.17) is 0 Å². The summed E-state index contributed by atoms with van der Waals surface area (Å²) in [5.41, 5.74) is 2.17. The van der Waals surface area contributed by atoms with Crippen LogP contribution in [0.3, 0.4) is 0 Å². The van der Waals surface area contributed by atoms with Crippen LogP contribution in [0.15, 0.2) is 24.3 Å². The van der Waals surface area contributed by atoms with Gasteiger partial charge in [0.05, 0.1) is 6.54 Å². The fourth-order valence-electron chi connectivity index (χ4n) is 1.70. The van der Waals surface area contributed by atoms with Gasteiger partial charge in [-0.25, -0.2) is 0 Å². The molecule has 0 fully saturated rings. The van der Waals surface area contributed by atoms with Crippen molar-refractivity contribution in [3.63, 3.8) is 0 Å². The quantitative estimate of drug-likeness (QED) is 0.813. The number of carbonyl (C=O) groups is 1. The van der Waals surface area contributed by atoms with Gasteiger partial charge in [0.1, 0.15) is 0 Å². The molecule has 0 spiro atoms. The van der Waals surface area contributed by atoms with Crippen molar-refractivity contribution in [1.82, 2.24) is 5.32 Å². The lowest BCUT2D eigenvalue weighted by atomic mass is 10.0. The zero-order valence-electron chi connectivity index (χ0n) is 11.8. The summed E-state index contributed by atoms with van der Waals surface area (Å²) >= 11 is 0. The zero-order chi connectivity index (χ0) is 13.5. The van der Waals surface area contributed by atoms with Crippen molar-refractivity contribution in [3.05, 3.63) is 29.8 Å². The smallest absolute Gasteiger partial charge is 0.238 e. The molecule has 1 rings (SSSR count). The molecule has 0 radical (unpaired) electrons. The number of rotatable bonds is 6. The molecule has 0 atom stereocenters. The zero-order valence-corrected chi connectivity index (χ0v) is 11.8. The van der Waals surface area contributed by atoms with Gasteiger partial charge in [-0.1, -0.05) is 39.8 Å². The Balaban J connectivity index is 2.45. The number of carbonyl (C=O) groups excluding carboxylic acids is 1. The minimum atomic E-state index is 0.000287. The Kier molecular flexibility index (Phi) is 5.86. The van der Waals surface area contributed by atoms with Crippen LogP contribution >= 0.6 is 0 Å². The van der Waals surface area contributed by atoms with E-state index < -0.39 is 0 Å². The second kappa shape index (κ2) is 7.17. The molecule has 3 heteroatoms. The van der Waals surface area contributed by atoms with Crippen molar-refractivity contribution in [2.75, 3.05) is 11.9 Å². The predicted octanol–water partition coefficient (Wildman–Crippen LogP) is 2.82. The van der Waals surface area contributed by atoms with Gasteiger partial charge in [0, 0.05) is 11.7 Å². The van der Waals surface area contributed by atoms with Crippen LogP contribution in [0.25, 0.3) is 0 Å². The molecule has 1 aromatic carbocycles. The molecular formula is C15H24N2O. The maximum Gasteiger partial charge on any atom is 0.238 e. The Bertz CT molecular complexity index is 369. The first-order valence-corrected chi connectivity index (χ1v) is 6.59. The van der Waals surface area contributed by atoms with Gasteiger partial charge in [-0.3, -0.25) is 4.79 Å². The summed E-state index contributed by atoms with van der Waals surface area (Å²) in [4.78, 5) is 11.6. The van der Waals surface area contributed by atoms with Crippen molar-refractivity contribution in [2.45, 2.75) is 40.2 Å². The molecule has 1 amide bonds. The lowest BCUT2D eigenvalue weighted by molar-refractivity contribution is -0.115. The van der Waals surface area contributed by atoms with E-state index in [0.29, 0.717) is 18.5 Å². The van der Waals surface area contributed by atoms with Gasteiger partial charge in [0.25, 0.3) is 0 Å². The van der Waals surface area contributed by atoms with Crippen molar-refractivity contribution in [2.24, 2.45) is 5.92 Å². The number of nitrogens with one attached hydrogen (secondary N) is 2. The molecule has 2 N–H and O–H groups in total. The molecule has 0 aliphatic rings. The van der Waals surface area contributed by atoms with Gasteiger partial charge in [-0.05, 0) is 30.0 Å². The van der Waals surface area contributed by atoms with Gasteiger partial charge >= 0.3 is 0 Å². The molecule has 0 aliphatic heterocycles. The minimum Gasteiger partial charge on any atom is -0.325 e. The number of benzene rings is 1. The molecule has 0 aliphatic carbocycles. The molecule has 100 valence electrons. The van der Waals surface area contributed by atoms with E-state index in [1.54, 1.807) is 0 Å². The van der Waals surface area contributed by atoms with Crippen LogP contribution in [0.4, 0.5) is 5.69 Å². The van der Waals surface area contributed by atoms with Gasteiger partial charge in [-0.15, -0.1) is 0 Å². The summed E-state index contributed by atoms with van der Waals surface area (Å²) in [5.74, 6) is 0.654. The Morgan fingerprint density at radius 2 is 1.72 bits per heavy atom. The second-order valence-corrected chi connectivity index (χ2v) is 5.38. The fraction of sp³-hybridized carbons (Fsp3) is 0.533. The van der Waals surface area contributed by atoms with Crippen molar-refractivity contribution < 1.29 is 4.79 Å². The van der Waals surface area contributed by atoms with E-state index in [1.165, 1.54) is 5.56 Å². The van der Waals surface area contributed by atoms with Crippen molar-refractivity contribution >= 4 is 11.6 Å². The van der Waals surface area contributed by atoms with Crippen LogP contribution in [0.2, 0.25) is 0 Å². The maximum absolute atomic E-state index is 11.6. The molecule has 0 saturated carbocycles. The van der Waals surface area contributed by atoms with Crippen molar-refractivity contribution in [3.8, 4) is 0 Å². The molecular weight excluding hydrogens is 224 g/mol. The van der Waals surface area contributed by atoms with E-state index in [2.05, 4.69) is 36.6 Å². The first-order chi connectivity index (χ1) is 8.47. The lowest BCUT2D eigenvalue weighted by Crippen LogP contribution is -2.32. The average Bonchev–Trinajstić information content (AvgIpc) is 2.28. The second-order valence-electron chi connectivity index (χ2n) is 5.38. The molecule has 0 saturated heterocycles. The summed E-state index contributed by atoms with van der Waals surface area (Å²) < 4.78 is 0. The first kappa shape index (κ1) is 14.7. The first-order valence-electron chi connectivity index (χ1n) is 6.59. The highest BCUT2D eigenvalue weighted by Gasteiger charge is 2.03. The van der Waals surface area contributed by atoms with Crippen LogP contribution in [0.1, 0.15) is 33.3 Å². The van der Waals surface area contributed by atoms with Gasteiger partial charge in [-0.2, -0.15) is 0 Å². The fourth-order valence-corrected chi connectivity index (χ4v) is 1.70. The Hall–Kier alpha value is -1.35. The maximum atomic E-state index is 11.6. The van der Waals surface area contributed by atoms with E-state index in [-0.39, 0.29) is 5.91 Å². The number of anilines is 1. The Morgan fingerprint density at radius 1 is 1.11 bits per heavy atom. The Labute approximate surface area is 110 Å². The molecule has 0 aromatic heterocycles. The van der Waals surface area contributed by atoms with Crippen LogP contribution in [-0.2, 0) is 11.2 Å². The number of amides is 1. The number of hydrogen-bond acceptors (Lipinski definition) is 2. The summed E-state index contributed by atoms with van der Waals surface area (Å²) in [6.07, 6.45) is 1.07. The van der Waals surface area contributed by atoms with Crippen LogP contribution in [0.5, 0.6) is 0 Å². The third kappa shape index (κ3) is 5.82. The van der Waals surface area contributed by atoms with Gasteiger partial charge in [0.2, 0.25) is 5.91 Å². The molecule has 18 heavy (non-hydrogen) atoms. The minimum absolute atomic E-state index is 0.000287. The average molecular weight is 248 g/mol. The monoisotopic (exact) mass is 248 g/mol. The topological polar surface area (TPSA) is 41.1 Å². The number of hydrogen-bond donors (Lipinski definition) is 2. The predicted molar refractivity (Wildman–Crippen MR) is 76.8 cm³/mol. The largest absolute Gasteiger partial charge is 0.325 e. The van der Waals surface area contributed by atoms with Gasteiger partial charge in [0.15, 0.2) is 0 Å². The van der Waals surface area contributed by atoms with Crippen LogP contribution in [-0.4, -0.2) is 18.5 Å². The molecule has 0 heterocycles. The summed E-state index contributed by atoms with van der Waals surface area (Å²) in [7, 11) is 0. The Morgan fingerprint density at radius 3 is 2.22 bits per heavy atom. The highest BCUT2D eigenvalue weighted by Crippen LogP contribution is 2.12. The molecule has 0 unspecified atom stereocenters. The summed E-state index contributed by atoms with van der Waals surface area (Å²) in [5, 5.41) is 5.97. The molecule has 1 aromatic rings. The van der Waals surface area contributed by atoms with E-state index in [9.17, 15) is 4.79 Å². The molecule has 0 bridgehead atoms. The summed E-state index contributed by atoms with van der Waals surface area (Å²) in [6.45, 7) is 8.80. The molecule has 3 nitrogen and oxygen atoms in total. The van der Waals surface area contributed by atoms with E-state index in [0.717, 1.165) is 12.1 Å². The third-order valence-corrected chi connectivity index (χ3v) is 2.55.